The zero-order valence-corrected chi connectivity index (χ0v) is 10.3. The van der Waals surface area contributed by atoms with Gasteiger partial charge in [0.2, 0.25) is 0 Å². The molecule has 15 heavy (non-hydrogen) atoms. The minimum atomic E-state index is 0.0326. The Kier molecular flexibility index (Phi) is 5.62. The van der Waals surface area contributed by atoms with Crippen LogP contribution >= 0.6 is 0 Å². The lowest BCUT2D eigenvalue weighted by Crippen LogP contribution is -2.31. The molecule has 1 rings (SSSR count). The number of aliphatic hydroxyl groups is 1. The molecule has 1 N–H and O–H groups in total. The summed E-state index contributed by atoms with van der Waals surface area (Å²) in [7, 11) is 0. The van der Waals surface area contributed by atoms with Crippen molar-refractivity contribution in [2.75, 3.05) is 19.8 Å². The van der Waals surface area contributed by atoms with Crippen molar-refractivity contribution >= 4 is 0 Å². The van der Waals surface area contributed by atoms with Gasteiger partial charge in [-0.2, -0.15) is 0 Å². The Morgan fingerprint density at radius 1 is 1.33 bits per heavy atom. The van der Waals surface area contributed by atoms with Crippen LogP contribution in [0, 0.1) is 11.3 Å². The number of rotatable bonds is 9. The number of ether oxygens (including phenoxy) is 1. The summed E-state index contributed by atoms with van der Waals surface area (Å²) in [6, 6.07) is 0. The van der Waals surface area contributed by atoms with Crippen LogP contribution in [0.1, 0.15) is 52.4 Å². The molecule has 0 spiro atoms. The molecule has 0 heterocycles. The minimum Gasteiger partial charge on any atom is -0.396 e. The fraction of sp³-hybridized carbons (Fsp3) is 1.00. The van der Waals surface area contributed by atoms with Gasteiger partial charge in [-0.3, -0.25) is 0 Å². The van der Waals surface area contributed by atoms with Gasteiger partial charge in [-0.25, -0.2) is 0 Å². The topological polar surface area (TPSA) is 29.5 Å². The molecule has 0 aromatic carbocycles. The van der Waals surface area contributed by atoms with Crippen molar-refractivity contribution in [3.63, 3.8) is 0 Å². The van der Waals surface area contributed by atoms with Crippen LogP contribution in [-0.4, -0.2) is 24.9 Å². The van der Waals surface area contributed by atoms with Crippen LogP contribution in [0.5, 0.6) is 0 Å². The van der Waals surface area contributed by atoms with Gasteiger partial charge in [-0.1, -0.05) is 26.7 Å². The molecular weight excluding hydrogens is 188 g/mol. The first-order valence-corrected chi connectivity index (χ1v) is 6.45. The molecule has 2 heteroatoms. The Morgan fingerprint density at radius 2 is 2.07 bits per heavy atom. The molecule has 0 radical (unpaired) electrons. The predicted molar refractivity (Wildman–Crippen MR) is 62.9 cm³/mol. The number of hydrogen-bond acceptors (Lipinski definition) is 2. The molecule has 1 atom stereocenters. The van der Waals surface area contributed by atoms with Gasteiger partial charge in [0.15, 0.2) is 0 Å². The highest BCUT2D eigenvalue weighted by Gasteiger charge is 2.28. The molecule has 1 unspecified atom stereocenters. The van der Waals surface area contributed by atoms with Crippen LogP contribution in [0.3, 0.4) is 0 Å². The second kappa shape index (κ2) is 6.49. The van der Waals surface area contributed by atoms with E-state index in [1.54, 1.807) is 0 Å². The van der Waals surface area contributed by atoms with E-state index in [0.717, 1.165) is 32.0 Å². The molecule has 0 aromatic heterocycles. The molecule has 1 aliphatic carbocycles. The minimum absolute atomic E-state index is 0.0326. The quantitative estimate of drug-likeness (QED) is 0.639. The van der Waals surface area contributed by atoms with Crippen LogP contribution in [0.2, 0.25) is 0 Å². The lowest BCUT2D eigenvalue weighted by atomic mass is 9.82. The van der Waals surface area contributed by atoms with Crippen LogP contribution in [0.25, 0.3) is 0 Å². The molecule has 0 aliphatic heterocycles. The molecule has 1 aliphatic rings. The molecule has 0 saturated heterocycles. The van der Waals surface area contributed by atoms with E-state index in [1.165, 1.54) is 25.7 Å². The molecule has 0 aromatic rings. The molecule has 1 saturated carbocycles. The smallest absolute Gasteiger partial charge is 0.0544 e. The predicted octanol–water partition coefficient (Wildman–Crippen LogP) is 2.99. The summed E-state index contributed by atoms with van der Waals surface area (Å²) in [6.45, 7) is 6.29. The average Bonchev–Trinajstić information content (AvgIpc) is 3.07. The highest BCUT2D eigenvalue weighted by Crippen LogP contribution is 2.32. The SMILES string of the molecule is CCCCC(CC)(CO)COCC1CC1. The second-order valence-electron chi connectivity index (χ2n) is 5.07. The van der Waals surface area contributed by atoms with Gasteiger partial charge in [0.1, 0.15) is 0 Å². The third kappa shape index (κ3) is 4.52. The van der Waals surface area contributed by atoms with Gasteiger partial charge in [0, 0.05) is 12.0 Å². The molecule has 0 bridgehead atoms. The van der Waals surface area contributed by atoms with Gasteiger partial charge in [-0.05, 0) is 31.6 Å². The first-order chi connectivity index (χ1) is 7.26. The largest absolute Gasteiger partial charge is 0.396 e. The Hall–Kier alpha value is -0.0800. The van der Waals surface area contributed by atoms with Crippen LogP contribution < -0.4 is 0 Å². The maximum atomic E-state index is 9.50. The molecular formula is C13H26O2. The van der Waals surface area contributed by atoms with Crippen molar-refractivity contribution < 1.29 is 9.84 Å². The van der Waals surface area contributed by atoms with Gasteiger partial charge in [0.25, 0.3) is 0 Å². The highest BCUT2D eigenvalue weighted by molar-refractivity contribution is 4.78. The monoisotopic (exact) mass is 214 g/mol. The highest BCUT2D eigenvalue weighted by atomic mass is 16.5. The lowest BCUT2D eigenvalue weighted by molar-refractivity contribution is -0.00639. The normalized spacial score (nSPS) is 20.2. The summed E-state index contributed by atoms with van der Waals surface area (Å²) in [5.74, 6) is 0.824. The van der Waals surface area contributed by atoms with Gasteiger partial charge in [0.05, 0.1) is 13.2 Å². The Bertz CT molecular complexity index is 160. The molecule has 0 amide bonds. The molecule has 1 fully saturated rings. The van der Waals surface area contributed by atoms with Crippen molar-refractivity contribution in [3.05, 3.63) is 0 Å². The summed E-state index contributed by atoms with van der Waals surface area (Å²) in [5, 5.41) is 9.50. The lowest BCUT2D eigenvalue weighted by Gasteiger charge is -2.30. The Morgan fingerprint density at radius 3 is 2.53 bits per heavy atom. The summed E-state index contributed by atoms with van der Waals surface area (Å²) in [4.78, 5) is 0. The van der Waals surface area contributed by atoms with E-state index in [4.69, 9.17) is 4.74 Å². The van der Waals surface area contributed by atoms with Crippen molar-refractivity contribution in [1.82, 2.24) is 0 Å². The molecule has 2 nitrogen and oxygen atoms in total. The van der Waals surface area contributed by atoms with Gasteiger partial charge in [-0.15, -0.1) is 0 Å². The van der Waals surface area contributed by atoms with Crippen molar-refractivity contribution in [2.24, 2.45) is 11.3 Å². The van der Waals surface area contributed by atoms with E-state index in [2.05, 4.69) is 13.8 Å². The standard InChI is InChI=1S/C13H26O2/c1-3-5-8-13(4-2,10-14)11-15-9-12-6-7-12/h12,14H,3-11H2,1-2H3. The van der Waals surface area contributed by atoms with Crippen LogP contribution in [0.4, 0.5) is 0 Å². The number of hydrogen-bond donors (Lipinski definition) is 1. The first kappa shape index (κ1) is 13.0. The number of unbranched alkanes of at least 4 members (excludes halogenated alkanes) is 1. The van der Waals surface area contributed by atoms with Crippen molar-refractivity contribution in [1.29, 1.82) is 0 Å². The van der Waals surface area contributed by atoms with Crippen molar-refractivity contribution in [3.8, 4) is 0 Å². The zero-order chi connectivity index (χ0) is 11.1. The Labute approximate surface area is 94.0 Å². The fourth-order valence-corrected chi connectivity index (χ4v) is 1.87. The van der Waals surface area contributed by atoms with Crippen LogP contribution in [-0.2, 0) is 4.74 Å². The third-order valence-corrected chi connectivity index (χ3v) is 3.60. The summed E-state index contributed by atoms with van der Waals surface area (Å²) >= 11 is 0. The van der Waals surface area contributed by atoms with E-state index in [9.17, 15) is 5.11 Å². The third-order valence-electron chi connectivity index (χ3n) is 3.60. The summed E-state index contributed by atoms with van der Waals surface area (Å²) in [6.07, 6.45) is 7.20. The maximum Gasteiger partial charge on any atom is 0.0544 e. The maximum absolute atomic E-state index is 9.50. The second-order valence-corrected chi connectivity index (χ2v) is 5.07. The van der Waals surface area contributed by atoms with E-state index in [0.29, 0.717) is 0 Å². The first-order valence-electron chi connectivity index (χ1n) is 6.45. The molecule has 90 valence electrons. The summed E-state index contributed by atoms with van der Waals surface area (Å²) < 4.78 is 5.74. The van der Waals surface area contributed by atoms with E-state index < -0.39 is 0 Å². The Balaban J connectivity index is 2.24. The van der Waals surface area contributed by atoms with Crippen LogP contribution in [0.15, 0.2) is 0 Å². The number of aliphatic hydroxyl groups excluding tert-OH is 1. The average molecular weight is 214 g/mol. The summed E-state index contributed by atoms with van der Waals surface area (Å²) in [5.41, 5.74) is 0.0326. The van der Waals surface area contributed by atoms with E-state index in [1.807, 2.05) is 0 Å². The van der Waals surface area contributed by atoms with E-state index >= 15 is 0 Å². The zero-order valence-electron chi connectivity index (χ0n) is 10.3. The van der Waals surface area contributed by atoms with Gasteiger partial charge >= 0.3 is 0 Å². The fourth-order valence-electron chi connectivity index (χ4n) is 1.87. The van der Waals surface area contributed by atoms with Gasteiger partial charge < -0.3 is 9.84 Å². The van der Waals surface area contributed by atoms with Crippen molar-refractivity contribution in [2.45, 2.75) is 52.4 Å². The van der Waals surface area contributed by atoms with E-state index in [-0.39, 0.29) is 12.0 Å².